The van der Waals surface area contributed by atoms with Crippen LogP contribution in [-0.4, -0.2) is 27.4 Å². The third-order valence-corrected chi connectivity index (χ3v) is 5.02. The first kappa shape index (κ1) is 16.5. The van der Waals surface area contributed by atoms with Crippen LogP contribution in [0.4, 0.5) is 0 Å². The Bertz CT molecular complexity index is 393. The number of nitrogens with one attached hydrogen (secondary N) is 1. The average Bonchev–Trinajstić information content (AvgIpc) is 2.95. The molecule has 1 heterocycles. The van der Waals surface area contributed by atoms with Crippen LogP contribution in [0.3, 0.4) is 0 Å². The van der Waals surface area contributed by atoms with Crippen LogP contribution in [0, 0.1) is 11.8 Å². The van der Waals surface area contributed by atoms with Crippen molar-refractivity contribution in [2.45, 2.75) is 78.3 Å². The van der Waals surface area contributed by atoms with Gasteiger partial charge in [0.25, 0.3) is 0 Å². The number of aromatic nitrogens is 3. The first-order valence-electron chi connectivity index (χ1n) is 8.88. The summed E-state index contributed by atoms with van der Waals surface area (Å²) >= 11 is 0. The fourth-order valence-electron chi connectivity index (χ4n) is 3.86. The summed E-state index contributed by atoms with van der Waals surface area (Å²) in [5.74, 6) is 2.92. The van der Waals surface area contributed by atoms with Crippen LogP contribution >= 0.6 is 0 Å². The van der Waals surface area contributed by atoms with E-state index in [1.807, 2.05) is 4.68 Å². The van der Waals surface area contributed by atoms with Gasteiger partial charge in [0, 0.05) is 19.0 Å². The molecule has 1 aromatic rings. The van der Waals surface area contributed by atoms with Gasteiger partial charge in [-0.15, -0.1) is 0 Å². The Balaban J connectivity index is 1.93. The minimum Gasteiger partial charge on any atom is -0.314 e. The molecular formula is C17H32N4. The highest BCUT2D eigenvalue weighted by Crippen LogP contribution is 2.34. The topological polar surface area (TPSA) is 42.7 Å². The lowest BCUT2D eigenvalue weighted by Crippen LogP contribution is -2.40. The van der Waals surface area contributed by atoms with Crippen molar-refractivity contribution >= 4 is 0 Å². The second-order valence-electron chi connectivity index (χ2n) is 6.43. The largest absolute Gasteiger partial charge is 0.314 e. The van der Waals surface area contributed by atoms with Crippen molar-refractivity contribution in [3.8, 4) is 0 Å². The molecule has 0 spiro atoms. The molecule has 2 rings (SSSR count). The molecule has 0 aliphatic heterocycles. The Morgan fingerprint density at radius 1 is 1.24 bits per heavy atom. The molecule has 0 saturated heterocycles. The molecule has 4 heteroatoms. The van der Waals surface area contributed by atoms with Crippen molar-refractivity contribution in [1.82, 2.24) is 20.1 Å². The molecule has 1 unspecified atom stereocenters. The molecule has 0 bridgehead atoms. The van der Waals surface area contributed by atoms with E-state index in [0.717, 1.165) is 37.2 Å². The van der Waals surface area contributed by atoms with Gasteiger partial charge in [0.1, 0.15) is 12.2 Å². The summed E-state index contributed by atoms with van der Waals surface area (Å²) in [4.78, 5) is 4.46. The second-order valence-corrected chi connectivity index (χ2v) is 6.43. The van der Waals surface area contributed by atoms with Crippen molar-refractivity contribution in [3.05, 3.63) is 12.2 Å². The molecule has 1 N–H and O–H groups in total. The van der Waals surface area contributed by atoms with E-state index in [1.54, 1.807) is 6.33 Å². The van der Waals surface area contributed by atoms with Crippen LogP contribution in [0.2, 0.25) is 0 Å². The lowest BCUT2D eigenvalue weighted by atomic mass is 9.76. The smallest absolute Gasteiger partial charge is 0.138 e. The van der Waals surface area contributed by atoms with Crippen LogP contribution in [0.25, 0.3) is 0 Å². The molecule has 0 radical (unpaired) electrons. The molecule has 0 aromatic carbocycles. The maximum absolute atomic E-state index is 4.46. The molecule has 1 atom stereocenters. The standard InChI is InChI=1S/C17H32N4/c1-4-7-14-8-10-15(11-9-14)16(18-5-2)12-17-19-13-20-21(17)6-3/h13-16,18H,4-12H2,1-3H3. The van der Waals surface area contributed by atoms with E-state index in [1.165, 1.54) is 38.5 Å². The average molecular weight is 292 g/mol. The van der Waals surface area contributed by atoms with Gasteiger partial charge in [-0.3, -0.25) is 4.68 Å². The first-order chi connectivity index (χ1) is 10.3. The maximum Gasteiger partial charge on any atom is 0.138 e. The predicted molar refractivity (Wildman–Crippen MR) is 87.2 cm³/mol. The van der Waals surface area contributed by atoms with Crippen LogP contribution in [0.1, 0.15) is 65.1 Å². The molecule has 0 amide bonds. The monoisotopic (exact) mass is 292 g/mol. The van der Waals surface area contributed by atoms with Gasteiger partial charge in [0.15, 0.2) is 0 Å². The van der Waals surface area contributed by atoms with Gasteiger partial charge in [0.05, 0.1) is 0 Å². The number of rotatable bonds is 8. The van der Waals surface area contributed by atoms with Gasteiger partial charge in [0.2, 0.25) is 0 Å². The minimum atomic E-state index is 0.562. The molecule has 1 aliphatic carbocycles. The molecular weight excluding hydrogens is 260 g/mol. The Labute approximate surface area is 129 Å². The third-order valence-electron chi connectivity index (χ3n) is 5.02. The Morgan fingerprint density at radius 3 is 2.62 bits per heavy atom. The Hall–Kier alpha value is -0.900. The van der Waals surface area contributed by atoms with Crippen LogP contribution in [-0.2, 0) is 13.0 Å². The molecule has 4 nitrogen and oxygen atoms in total. The second kappa shape index (κ2) is 8.52. The molecule has 1 aliphatic rings. The first-order valence-corrected chi connectivity index (χ1v) is 8.88. The third kappa shape index (κ3) is 4.53. The van der Waals surface area contributed by atoms with Crippen molar-refractivity contribution in [2.24, 2.45) is 11.8 Å². The number of likely N-dealkylation sites (N-methyl/N-ethyl adjacent to an activating group) is 1. The van der Waals surface area contributed by atoms with Crippen LogP contribution in [0.15, 0.2) is 6.33 Å². The van der Waals surface area contributed by atoms with Crippen molar-refractivity contribution in [2.75, 3.05) is 6.54 Å². The van der Waals surface area contributed by atoms with Gasteiger partial charge in [-0.05, 0) is 38.1 Å². The number of hydrogen-bond donors (Lipinski definition) is 1. The van der Waals surface area contributed by atoms with E-state index >= 15 is 0 Å². The van der Waals surface area contributed by atoms with Gasteiger partial charge in [-0.1, -0.05) is 39.5 Å². The zero-order valence-electron chi connectivity index (χ0n) is 14.0. The summed E-state index contributed by atoms with van der Waals surface area (Å²) in [5.41, 5.74) is 0. The lowest BCUT2D eigenvalue weighted by Gasteiger charge is -2.34. The zero-order chi connectivity index (χ0) is 15.1. The molecule has 120 valence electrons. The zero-order valence-corrected chi connectivity index (χ0v) is 14.0. The molecule has 1 saturated carbocycles. The quantitative estimate of drug-likeness (QED) is 0.798. The van der Waals surface area contributed by atoms with Gasteiger partial charge >= 0.3 is 0 Å². The molecule has 1 fully saturated rings. The predicted octanol–water partition coefficient (Wildman–Crippen LogP) is 3.43. The highest BCUT2D eigenvalue weighted by molar-refractivity contribution is 4.93. The summed E-state index contributed by atoms with van der Waals surface area (Å²) < 4.78 is 2.03. The number of nitrogens with zero attached hydrogens (tertiary/aromatic N) is 3. The van der Waals surface area contributed by atoms with Crippen molar-refractivity contribution < 1.29 is 0 Å². The summed E-state index contributed by atoms with van der Waals surface area (Å²) in [7, 11) is 0. The van der Waals surface area contributed by atoms with E-state index < -0.39 is 0 Å². The molecule has 1 aromatic heterocycles. The van der Waals surface area contributed by atoms with Crippen molar-refractivity contribution in [3.63, 3.8) is 0 Å². The summed E-state index contributed by atoms with van der Waals surface area (Å²) in [5, 5.41) is 8.01. The summed E-state index contributed by atoms with van der Waals surface area (Å²) in [6.07, 6.45) is 11.1. The lowest BCUT2D eigenvalue weighted by molar-refractivity contribution is 0.211. The maximum atomic E-state index is 4.46. The summed E-state index contributed by atoms with van der Waals surface area (Å²) in [6.45, 7) is 8.61. The molecule has 21 heavy (non-hydrogen) atoms. The van der Waals surface area contributed by atoms with Gasteiger partial charge < -0.3 is 5.32 Å². The van der Waals surface area contributed by atoms with E-state index in [9.17, 15) is 0 Å². The van der Waals surface area contributed by atoms with E-state index in [0.29, 0.717) is 6.04 Å². The summed E-state index contributed by atoms with van der Waals surface area (Å²) in [6, 6.07) is 0.562. The number of aryl methyl sites for hydroxylation is 1. The van der Waals surface area contributed by atoms with E-state index in [4.69, 9.17) is 0 Å². The fourth-order valence-corrected chi connectivity index (χ4v) is 3.86. The van der Waals surface area contributed by atoms with E-state index in [-0.39, 0.29) is 0 Å². The fraction of sp³-hybridized carbons (Fsp3) is 0.882. The van der Waals surface area contributed by atoms with Crippen LogP contribution < -0.4 is 5.32 Å². The Morgan fingerprint density at radius 2 is 2.00 bits per heavy atom. The SMILES string of the molecule is CCCC1CCC(C(Cc2ncnn2CC)NCC)CC1. The van der Waals surface area contributed by atoms with E-state index in [2.05, 4.69) is 36.2 Å². The van der Waals surface area contributed by atoms with Gasteiger partial charge in [-0.25, -0.2) is 4.98 Å². The highest BCUT2D eigenvalue weighted by atomic mass is 15.3. The van der Waals surface area contributed by atoms with Crippen LogP contribution in [0.5, 0.6) is 0 Å². The highest BCUT2D eigenvalue weighted by Gasteiger charge is 2.27. The van der Waals surface area contributed by atoms with Gasteiger partial charge in [-0.2, -0.15) is 5.10 Å². The minimum absolute atomic E-state index is 0.562. The Kier molecular flexibility index (Phi) is 6.68. The van der Waals surface area contributed by atoms with Crippen molar-refractivity contribution in [1.29, 1.82) is 0 Å². The normalized spacial score (nSPS) is 24.1. The number of hydrogen-bond acceptors (Lipinski definition) is 3.